The zero-order valence-corrected chi connectivity index (χ0v) is 23.4. The summed E-state index contributed by atoms with van der Waals surface area (Å²) in [5.74, 6) is -0.833. The van der Waals surface area contributed by atoms with Gasteiger partial charge in [-0.1, -0.05) is 148 Å². The second-order valence-corrected chi connectivity index (χ2v) is 10.2. The lowest BCUT2D eigenvalue weighted by Gasteiger charge is -2.13. The van der Waals surface area contributed by atoms with Crippen molar-refractivity contribution in [3.8, 4) is 0 Å². The van der Waals surface area contributed by atoms with Gasteiger partial charge in [0.2, 0.25) is 0 Å². The summed E-state index contributed by atoms with van der Waals surface area (Å²) in [6, 6.07) is 0.419. The Morgan fingerprint density at radius 1 is 0.771 bits per heavy atom. The minimum absolute atomic E-state index is 0.419. The van der Waals surface area contributed by atoms with Crippen LogP contribution in [-0.2, 0) is 4.79 Å². The molecule has 0 saturated carbocycles. The van der Waals surface area contributed by atoms with Crippen molar-refractivity contribution in [1.82, 2.24) is 9.55 Å². The number of aliphatic carboxylic acids is 1. The highest BCUT2D eigenvalue weighted by atomic mass is 16.4. The van der Waals surface area contributed by atoms with Crippen molar-refractivity contribution in [3.63, 3.8) is 0 Å². The lowest BCUT2D eigenvalue weighted by molar-refractivity contribution is -0.134. The van der Waals surface area contributed by atoms with Crippen LogP contribution in [0, 0.1) is 0 Å². The molecule has 0 aliphatic heterocycles. The molecule has 1 rings (SSSR count). The van der Waals surface area contributed by atoms with E-state index in [1.165, 1.54) is 141 Å². The molecule has 0 radical (unpaired) electrons. The van der Waals surface area contributed by atoms with Crippen molar-refractivity contribution in [2.75, 3.05) is 0 Å². The molecule has 0 bridgehead atoms. The van der Waals surface area contributed by atoms with Gasteiger partial charge in [0, 0.05) is 19.3 Å². The van der Waals surface area contributed by atoms with Crippen LogP contribution in [-0.4, -0.2) is 20.6 Å². The van der Waals surface area contributed by atoms with E-state index in [0.29, 0.717) is 6.04 Å². The smallest absolute Gasteiger partial charge is 0.300 e. The summed E-state index contributed by atoms with van der Waals surface area (Å²) in [4.78, 5) is 13.1. The number of aromatic nitrogens is 2. The molecule has 4 heteroatoms. The first kappa shape index (κ1) is 33.4. The van der Waals surface area contributed by atoms with Gasteiger partial charge in [-0.3, -0.25) is 4.79 Å². The maximum absolute atomic E-state index is 9.00. The van der Waals surface area contributed by atoms with Gasteiger partial charge in [-0.05, 0) is 6.42 Å². The highest BCUT2D eigenvalue weighted by molar-refractivity contribution is 5.62. The summed E-state index contributed by atoms with van der Waals surface area (Å²) in [5.41, 5.74) is 0. The van der Waals surface area contributed by atoms with E-state index in [2.05, 4.69) is 29.1 Å². The maximum Gasteiger partial charge on any atom is 0.300 e. The molecule has 0 saturated heterocycles. The number of carbonyl (C=O) groups is 1. The van der Waals surface area contributed by atoms with E-state index >= 15 is 0 Å². The fourth-order valence-electron chi connectivity index (χ4n) is 4.64. The van der Waals surface area contributed by atoms with Gasteiger partial charge in [0.05, 0.1) is 12.4 Å². The fraction of sp³-hybridized carbons (Fsp3) is 0.806. The van der Waals surface area contributed by atoms with E-state index < -0.39 is 5.97 Å². The number of allylic oxidation sites excluding steroid dienone is 1. The summed E-state index contributed by atoms with van der Waals surface area (Å²) in [6.45, 7) is 7.36. The molecule has 0 aromatic carbocycles. The summed E-state index contributed by atoms with van der Waals surface area (Å²) in [7, 11) is 0. The van der Waals surface area contributed by atoms with Crippen LogP contribution in [0.3, 0.4) is 0 Å². The summed E-state index contributed by atoms with van der Waals surface area (Å²) < 4.78 is 2.17. The molecule has 1 aromatic rings. The number of hydrogen-bond donors (Lipinski definition) is 1. The molecule has 1 heterocycles. The second-order valence-electron chi connectivity index (χ2n) is 10.2. The number of nitrogens with zero attached hydrogens (tertiary/aromatic N) is 2. The molecule has 1 N–H and O–H groups in total. The zero-order chi connectivity index (χ0) is 25.8. The lowest BCUT2D eigenvalue weighted by atomic mass is 10.0. The maximum atomic E-state index is 9.00. The Kier molecular flexibility index (Phi) is 25.8. The van der Waals surface area contributed by atoms with Crippen molar-refractivity contribution in [3.05, 3.63) is 31.4 Å². The van der Waals surface area contributed by atoms with Gasteiger partial charge in [0.1, 0.15) is 0 Å². The normalized spacial score (nSPS) is 11.6. The molecule has 204 valence electrons. The molecule has 0 amide bonds. The van der Waals surface area contributed by atoms with Crippen molar-refractivity contribution >= 4 is 5.97 Å². The van der Waals surface area contributed by atoms with E-state index in [4.69, 9.17) is 9.90 Å². The van der Waals surface area contributed by atoms with Crippen LogP contribution in [0.4, 0.5) is 0 Å². The molecule has 1 aromatic heterocycles. The highest BCUT2D eigenvalue weighted by Crippen LogP contribution is 2.18. The molecule has 0 spiro atoms. The third-order valence-electron chi connectivity index (χ3n) is 6.78. The Balaban J connectivity index is 0.00000267. The van der Waals surface area contributed by atoms with E-state index in [-0.39, 0.29) is 0 Å². The minimum atomic E-state index is -0.833. The third-order valence-corrected chi connectivity index (χ3v) is 6.78. The lowest BCUT2D eigenvalue weighted by Crippen LogP contribution is -2.03. The topological polar surface area (TPSA) is 55.1 Å². The van der Waals surface area contributed by atoms with Gasteiger partial charge in [-0.2, -0.15) is 0 Å². The van der Waals surface area contributed by atoms with Gasteiger partial charge in [-0.15, -0.1) is 6.58 Å². The Morgan fingerprint density at radius 2 is 1.11 bits per heavy atom. The van der Waals surface area contributed by atoms with Crippen LogP contribution in [0.25, 0.3) is 0 Å². The Bertz CT molecular complexity index is 552. The molecule has 1 atom stereocenters. The van der Waals surface area contributed by atoms with Crippen LogP contribution in [0.15, 0.2) is 31.4 Å². The second kappa shape index (κ2) is 27.0. The summed E-state index contributed by atoms with van der Waals surface area (Å²) >= 11 is 0. The van der Waals surface area contributed by atoms with E-state index in [1.807, 2.05) is 18.7 Å². The number of carboxylic acid groups (broad SMARTS) is 1. The van der Waals surface area contributed by atoms with Crippen molar-refractivity contribution in [2.24, 2.45) is 0 Å². The third kappa shape index (κ3) is 25.3. The van der Waals surface area contributed by atoms with Gasteiger partial charge < -0.3 is 9.67 Å². The van der Waals surface area contributed by atoms with E-state index in [0.717, 1.165) is 6.92 Å². The average molecular weight is 491 g/mol. The van der Waals surface area contributed by atoms with Crippen LogP contribution in [0.5, 0.6) is 0 Å². The van der Waals surface area contributed by atoms with Crippen molar-refractivity contribution < 1.29 is 9.90 Å². The first-order valence-corrected chi connectivity index (χ1v) is 14.9. The number of rotatable bonds is 24. The monoisotopic (exact) mass is 490 g/mol. The number of unbranched alkanes of at least 4 members (excludes halogenated alkanes) is 20. The van der Waals surface area contributed by atoms with Crippen LogP contribution in [0.2, 0.25) is 0 Å². The molecule has 35 heavy (non-hydrogen) atoms. The van der Waals surface area contributed by atoms with Crippen LogP contribution >= 0.6 is 0 Å². The number of carboxylic acids is 1. The van der Waals surface area contributed by atoms with Gasteiger partial charge >= 0.3 is 0 Å². The molecule has 0 aliphatic carbocycles. The van der Waals surface area contributed by atoms with Crippen molar-refractivity contribution in [2.45, 2.75) is 161 Å². The Hall–Kier alpha value is -1.58. The van der Waals surface area contributed by atoms with Crippen LogP contribution < -0.4 is 0 Å². The standard InChI is InChI=1S/C29H54N2.C2H4O2/c1-3-5-6-7-8-9-10-11-12-13-14-15-16-17-18-19-20-21-22-23-24-25-29(4-2)31-27-26-30-28-31;1-2(3)4/h4,26-29H,2-3,5-25H2,1H3;1H3,(H,3,4). The molecular weight excluding hydrogens is 432 g/mol. The highest BCUT2D eigenvalue weighted by Gasteiger charge is 2.05. The SMILES string of the molecule is C=CC(CCCCCCCCCCCCCCCCCCCCCCC)n1ccnc1.CC(=O)O. The summed E-state index contributed by atoms with van der Waals surface area (Å²) in [6.07, 6.45) is 39.3. The van der Waals surface area contributed by atoms with E-state index in [1.54, 1.807) is 0 Å². The predicted octanol–water partition coefficient (Wildman–Crippen LogP) is 10.3. The molecule has 0 aliphatic rings. The Morgan fingerprint density at radius 3 is 1.40 bits per heavy atom. The summed E-state index contributed by atoms with van der Waals surface area (Å²) in [5, 5.41) is 7.42. The average Bonchev–Trinajstić information content (AvgIpc) is 3.37. The first-order chi connectivity index (χ1) is 17.1. The first-order valence-electron chi connectivity index (χ1n) is 14.9. The minimum Gasteiger partial charge on any atom is -0.481 e. The molecular formula is C31H58N2O2. The predicted molar refractivity (Wildman–Crippen MR) is 152 cm³/mol. The molecule has 0 fully saturated rings. The fourth-order valence-corrected chi connectivity index (χ4v) is 4.64. The largest absolute Gasteiger partial charge is 0.481 e. The molecule has 4 nitrogen and oxygen atoms in total. The zero-order valence-electron chi connectivity index (χ0n) is 23.4. The number of hydrogen-bond acceptors (Lipinski definition) is 2. The van der Waals surface area contributed by atoms with Crippen LogP contribution in [0.1, 0.15) is 161 Å². The molecule has 1 unspecified atom stereocenters. The Labute approximate surface area is 218 Å². The number of imidazole rings is 1. The van der Waals surface area contributed by atoms with Gasteiger partial charge in [0.15, 0.2) is 0 Å². The van der Waals surface area contributed by atoms with E-state index in [9.17, 15) is 0 Å². The quantitative estimate of drug-likeness (QED) is 0.116. The van der Waals surface area contributed by atoms with Gasteiger partial charge in [0.25, 0.3) is 5.97 Å². The van der Waals surface area contributed by atoms with Gasteiger partial charge in [-0.25, -0.2) is 4.98 Å². The van der Waals surface area contributed by atoms with Crippen molar-refractivity contribution in [1.29, 1.82) is 0 Å².